The first-order valence-corrected chi connectivity index (χ1v) is 9.48. The van der Waals surface area contributed by atoms with Crippen molar-refractivity contribution < 1.29 is 9.21 Å². The molecule has 0 bridgehead atoms. The Kier molecular flexibility index (Phi) is 6.19. The van der Waals surface area contributed by atoms with E-state index in [4.69, 9.17) is 27.6 Å². The zero-order valence-corrected chi connectivity index (χ0v) is 16.6. The topological polar surface area (TPSA) is 55.1 Å². The number of nitrogens with zero attached hydrogens (tertiary/aromatic N) is 1. The summed E-state index contributed by atoms with van der Waals surface area (Å²) in [5, 5.41) is 3.48. The summed E-state index contributed by atoms with van der Waals surface area (Å²) in [5.41, 5.74) is 2.73. The van der Waals surface area contributed by atoms with Crippen molar-refractivity contribution in [3.63, 3.8) is 0 Å². The lowest BCUT2D eigenvalue weighted by molar-refractivity contribution is -0.116. The molecule has 27 heavy (non-hydrogen) atoms. The number of anilines is 1. The number of rotatable bonds is 6. The highest BCUT2D eigenvalue weighted by atomic mass is 35.5. The van der Waals surface area contributed by atoms with E-state index in [1.54, 1.807) is 24.4 Å². The maximum absolute atomic E-state index is 12.1. The Labute approximate surface area is 168 Å². The van der Waals surface area contributed by atoms with Gasteiger partial charge in [0.2, 0.25) is 5.91 Å². The van der Waals surface area contributed by atoms with Crippen molar-refractivity contribution in [3.8, 4) is 11.3 Å². The summed E-state index contributed by atoms with van der Waals surface area (Å²) in [6.07, 6.45) is 2.31. The van der Waals surface area contributed by atoms with Crippen molar-refractivity contribution in [1.82, 2.24) is 4.98 Å². The molecule has 0 fully saturated rings. The standard InChI is InChI=1S/C21H20Cl2N2O2/c1-13(2)14-6-8-15(9-7-14)18-12-24-20(27-18)11-10-19(26)25-17-5-3-4-16(22)21(17)23/h3-9,12-13H,10-11H2,1-2H3,(H,25,26). The number of oxazole rings is 1. The van der Waals surface area contributed by atoms with Gasteiger partial charge in [-0.15, -0.1) is 0 Å². The second-order valence-corrected chi connectivity index (χ2v) is 7.33. The van der Waals surface area contributed by atoms with E-state index < -0.39 is 0 Å². The van der Waals surface area contributed by atoms with Gasteiger partial charge in [-0.2, -0.15) is 0 Å². The number of hydrogen-bond acceptors (Lipinski definition) is 3. The second-order valence-electron chi connectivity index (χ2n) is 6.54. The van der Waals surface area contributed by atoms with Crippen LogP contribution in [-0.2, 0) is 11.2 Å². The van der Waals surface area contributed by atoms with Crippen molar-refractivity contribution in [2.45, 2.75) is 32.6 Å². The van der Waals surface area contributed by atoms with Gasteiger partial charge in [-0.1, -0.05) is 67.4 Å². The Balaban J connectivity index is 1.59. The molecule has 0 saturated heterocycles. The molecule has 0 saturated carbocycles. The van der Waals surface area contributed by atoms with Gasteiger partial charge in [0.05, 0.1) is 21.9 Å². The number of amides is 1. The first kappa shape index (κ1) is 19.5. The highest BCUT2D eigenvalue weighted by Crippen LogP contribution is 2.29. The number of hydrogen-bond donors (Lipinski definition) is 1. The molecule has 0 aliphatic carbocycles. The van der Waals surface area contributed by atoms with Gasteiger partial charge in [-0.05, 0) is 23.6 Å². The van der Waals surface area contributed by atoms with Gasteiger partial charge in [0.1, 0.15) is 0 Å². The zero-order valence-electron chi connectivity index (χ0n) is 15.1. The monoisotopic (exact) mass is 402 g/mol. The predicted molar refractivity (Wildman–Crippen MR) is 109 cm³/mol. The molecule has 1 aromatic heterocycles. The lowest BCUT2D eigenvalue weighted by atomic mass is 10.0. The zero-order chi connectivity index (χ0) is 19.4. The molecule has 1 N–H and O–H groups in total. The summed E-state index contributed by atoms with van der Waals surface area (Å²) < 4.78 is 5.78. The van der Waals surface area contributed by atoms with Gasteiger partial charge in [-0.3, -0.25) is 4.79 Å². The summed E-state index contributed by atoms with van der Waals surface area (Å²) in [5.74, 6) is 1.51. The lowest BCUT2D eigenvalue weighted by Gasteiger charge is -2.07. The Morgan fingerprint density at radius 1 is 1.15 bits per heavy atom. The maximum atomic E-state index is 12.1. The summed E-state index contributed by atoms with van der Waals surface area (Å²) in [6.45, 7) is 4.31. The minimum absolute atomic E-state index is 0.180. The number of carbonyl (C=O) groups is 1. The predicted octanol–water partition coefficient (Wildman–Crippen LogP) is 6.34. The third-order valence-corrected chi connectivity index (χ3v) is 5.03. The van der Waals surface area contributed by atoms with E-state index in [0.717, 1.165) is 5.56 Å². The van der Waals surface area contributed by atoms with Crippen LogP contribution in [0.2, 0.25) is 10.0 Å². The Bertz CT molecular complexity index is 934. The molecule has 140 valence electrons. The first-order valence-electron chi connectivity index (χ1n) is 8.73. The first-order chi connectivity index (χ1) is 12.9. The van der Waals surface area contributed by atoms with Crippen LogP contribution < -0.4 is 5.32 Å². The Hall–Kier alpha value is -2.30. The molecular formula is C21H20Cl2N2O2. The van der Waals surface area contributed by atoms with Crippen molar-refractivity contribution >= 4 is 34.8 Å². The normalized spacial score (nSPS) is 11.0. The van der Waals surface area contributed by atoms with E-state index in [1.807, 2.05) is 12.1 Å². The Morgan fingerprint density at radius 2 is 1.89 bits per heavy atom. The summed E-state index contributed by atoms with van der Waals surface area (Å²) in [4.78, 5) is 16.4. The van der Waals surface area contributed by atoms with Crippen LogP contribution in [0, 0.1) is 0 Å². The molecule has 3 rings (SSSR count). The van der Waals surface area contributed by atoms with Crippen LogP contribution in [0.15, 0.2) is 53.1 Å². The van der Waals surface area contributed by atoms with E-state index >= 15 is 0 Å². The summed E-state index contributed by atoms with van der Waals surface area (Å²) in [7, 11) is 0. The highest BCUT2D eigenvalue weighted by Gasteiger charge is 2.12. The molecule has 1 heterocycles. The van der Waals surface area contributed by atoms with Crippen LogP contribution in [0.1, 0.15) is 37.6 Å². The van der Waals surface area contributed by atoms with Crippen LogP contribution in [0.25, 0.3) is 11.3 Å². The van der Waals surface area contributed by atoms with Crippen LogP contribution >= 0.6 is 23.2 Å². The molecule has 0 aliphatic rings. The van der Waals surface area contributed by atoms with Gasteiger partial charge >= 0.3 is 0 Å². The van der Waals surface area contributed by atoms with E-state index in [-0.39, 0.29) is 12.3 Å². The smallest absolute Gasteiger partial charge is 0.224 e. The van der Waals surface area contributed by atoms with E-state index in [9.17, 15) is 4.79 Å². The fraction of sp³-hybridized carbons (Fsp3) is 0.238. The average molecular weight is 403 g/mol. The SMILES string of the molecule is CC(C)c1ccc(-c2cnc(CCC(=O)Nc3cccc(Cl)c3Cl)o2)cc1. The minimum atomic E-state index is -0.180. The molecule has 2 aromatic carbocycles. The van der Waals surface area contributed by atoms with E-state index in [1.165, 1.54) is 5.56 Å². The molecule has 4 nitrogen and oxygen atoms in total. The highest BCUT2D eigenvalue weighted by molar-refractivity contribution is 6.43. The molecular weight excluding hydrogens is 383 g/mol. The number of aromatic nitrogens is 1. The van der Waals surface area contributed by atoms with E-state index in [0.29, 0.717) is 39.7 Å². The van der Waals surface area contributed by atoms with Crippen molar-refractivity contribution in [1.29, 1.82) is 0 Å². The van der Waals surface area contributed by atoms with Gasteiger partial charge in [0.15, 0.2) is 11.7 Å². The fourth-order valence-electron chi connectivity index (χ4n) is 2.63. The van der Waals surface area contributed by atoms with Crippen LogP contribution in [0.5, 0.6) is 0 Å². The Morgan fingerprint density at radius 3 is 2.59 bits per heavy atom. The van der Waals surface area contributed by atoms with Gasteiger partial charge < -0.3 is 9.73 Å². The third-order valence-electron chi connectivity index (χ3n) is 4.21. The molecule has 3 aromatic rings. The quantitative estimate of drug-likeness (QED) is 0.522. The van der Waals surface area contributed by atoms with E-state index in [2.05, 4.69) is 36.3 Å². The maximum Gasteiger partial charge on any atom is 0.224 e. The molecule has 1 amide bonds. The summed E-state index contributed by atoms with van der Waals surface area (Å²) in [6, 6.07) is 13.3. The van der Waals surface area contributed by atoms with Crippen molar-refractivity contribution in [2.24, 2.45) is 0 Å². The lowest BCUT2D eigenvalue weighted by Crippen LogP contribution is -2.12. The average Bonchev–Trinajstić information content (AvgIpc) is 3.13. The number of nitrogens with one attached hydrogen (secondary N) is 1. The largest absolute Gasteiger partial charge is 0.441 e. The molecule has 0 spiro atoms. The number of aryl methyl sites for hydroxylation is 1. The minimum Gasteiger partial charge on any atom is -0.441 e. The van der Waals surface area contributed by atoms with Crippen LogP contribution in [-0.4, -0.2) is 10.9 Å². The van der Waals surface area contributed by atoms with Gasteiger partial charge in [0, 0.05) is 18.4 Å². The fourth-order valence-corrected chi connectivity index (χ4v) is 2.97. The summed E-state index contributed by atoms with van der Waals surface area (Å²) >= 11 is 12.0. The van der Waals surface area contributed by atoms with Crippen LogP contribution in [0.4, 0.5) is 5.69 Å². The van der Waals surface area contributed by atoms with Gasteiger partial charge in [-0.25, -0.2) is 4.98 Å². The molecule has 0 atom stereocenters. The third kappa shape index (κ3) is 4.90. The molecule has 6 heteroatoms. The van der Waals surface area contributed by atoms with Crippen molar-refractivity contribution in [2.75, 3.05) is 5.32 Å². The second kappa shape index (κ2) is 8.59. The number of carbonyl (C=O) groups excluding carboxylic acids is 1. The van der Waals surface area contributed by atoms with Crippen molar-refractivity contribution in [3.05, 3.63) is 70.2 Å². The van der Waals surface area contributed by atoms with Crippen LogP contribution in [0.3, 0.4) is 0 Å². The molecule has 0 radical (unpaired) electrons. The number of benzene rings is 2. The number of halogens is 2. The van der Waals surface area contributed by atoms with Gasteiger partial charge in [0.25, 0.3) is 0 Å². The molecule has 0 aliphatic heterocycles. The molecule has 0 unspecified atom stereocenters.